The van der Waals surface area contributed by atoms with Crippen LogP contribution in [0.15, 0.2) is 23.8 Å². The zero-order chi connectivity index (χ0) is 21.2. The first-order valence-corrected chi connectivity index (χ1v) is 9.98. The van der Waals surface area contributed by atoms with Crippen LogP contribution in [0.4, 0.5) is 0 Å². The molecule has 0 aromatic heterocycles. The van der Waals surface area contributed by atoms with Crippen LogP contribution in [0.2, 0.25) is 0 Å². The molecule has 156 valence electrons. The van der Waals surface area contributed by atoms with Crippen molar-refractivity contribution in [3.05, 3.63) is 29.3 Å². The van der Waals surface area contributed by atoms with Gasteiger partial charge < -0.3 is 20.1 Å². The Hall–Kier alpha value is -3.01. The van der Waals surface area contributed by atoms with Crippen molar-refractivity contribution in [1.29, 1.82) is 5.26 Å². The van der Waals surface area contributed by atoms with Gasteiger partial charge in [0, 0.05) is 12.6 Å². The molecule has 0 saturated heterocycles. The number of nitrogens with one attached hydrogen (secondary N) is 2. The fourth-order valence-corrected chi connectivity index (χ4v) is 3.38. The number of amides is 2. The van der Waals surface area contributed by atoms with E-state index in [2.05, 4.69) is 17.6 Å². The number of nitrogens with zero attached hydrogens (tertiary/aromatic N) is 1. The summed E-state index contributed by atoms with van der Waals surface area (Å²) in [4.78, 5) is 24.1. The molecule has 1 saturated carbocycles. The van der Waals surface area contributed by atoms with E-state index < -0.39 is 0 Å². The second-order valence-corrected chi connectivity index (χ2v) is 7.16. The van der Waals surface area contributed by atoms with Gasteiger partial charge in [-0.15, -0.1) is 0 Å². The minimum absolute atomic E-state index is 0.0424. The van der Waals surface area contributed by atoms with Crippen molar-refractivity contribution in [3.63, 3.8) is 0 Å². The molecule has 0 aliphatic heterocycles. The molecule has 0 unspecified atom stereocenters. The van der Waals surface area contributed by atoms with Gasteiger partial charge in [0.15, 0.2) is 18.1 Å². The lowest BCUT2D eigenvalue weighted by Gasteiger charge is -2.29. The van der Waals surface area contributed by atoms with Gasteiger partial charge >= 0.3 is 0 Å². The van der Waals surface area contributed by atoms with Crippen molar-refractivity contribution in [2.45, 2.75) is 45.6 Å². The highest BCUT2D eigenvalue weighted by atomic mass is 16.5. The lowest BCUT2D eigenvalue weighted by Crippen LogP contribution is -2.41. The van der Waals surface area contributed by atoms with Gasteiger partial charge in [0.25, 0.3) is 11.8 Å². The van der Waals surface area contributed by atoms with Crippen molar-refractivity contribution < 1.29 is 19.1 Å². The van der Waals surface area contributed by atoms with Gasteiger partial charge in [-0.3, -0.25) is 9.59 Å². The largest absolute Gasteiger partial charge is 0.493 e. The van der Waals surface area contributed by atoms with Crippen LogP contribution in [0.5, 0.6) is 11.5 Å². The van der Waals surface area contributed by atoms with Gasteiger partial charge in [-0.25, -0.2) is 0 Å². The first-order valence-electron chi connectivity index (χ1n) is 9.98. The van der Waals surface area contributed by atoms with Crippen molar-refractivity contribution in [2.75, 3.05) is 20.3 Å². The van der Waals surface area contributed by atoms with E-state index in [-0.39, 0.29) is 30.0 Å². The Morgan fingerprint density at radius 1 is 1.28 bits per heavy atom. The van der Waals surface area contributed by atoms with Crippen molar-refractivity contribution >= 4 is 17.9 Å². The first kappa shape index (κ1) is 22.3. The van der Waals surface area contributed by atoms with Crippen LogP contribution in [0.25, 0.3) is 6.08 Å². The molecule has 1 fully saturated rings. The molecule has 7 heteroatoms. The van der Waals surface area contributed by atoms with E-state index in [9.17, 15) is 14.9 Å². The smallest absolute Gasteiger partial charge is 0.262 e. The second-order valence-electron chi connectivity index (χ2n) is 7.16. The Morgan fingerprint density at radius 3 is 2.69 bits per heavy atom. The van der Waals surface area contributed by atoms with Crippen molar-refractivity contribution in [2.24, 2.45) is 5.92 Å². The third-order valence-electron chi connectivity index (χ3n) is 5.02. The summed E-state index contributed by atoms with van der Waals surface area (Å²) in [5, 5.41) is 15.1. The molecule has 0 spiro atoms. The van der Waals surface area contributed by atoms with Crippen molar-refractivity contribution in [3.8, 4) is 17.6 Å². The minimum Gasteiger partial charge on any atom is -0.493 e. The summed E-state index contributed by atoms with van der Waals surface area (Å²) in [6.45, 7) is 4.37. The van der Waals surface area contributed by atoms with E-state index in [1.807, 2.05) is 13.0 Å². The number of benzene rings is 1. The summed E-state index contributed by atoms with van der Waals surface area (Å²) in [6, 6.07) is 7.12. The topological polar surface area (TPSA) is 100 Å². The highest BCUT2D eigenvalue weighted by Gasteiger charge is 2.24. The Kier molecular flexibility index (Phi) is 8.53. The van der Waals surface area contributed by atoms with Gasteiger partial charge in [0.2, 0.25) is 0 Å². The van der Waals surface area contributed by atoms with Crippen LogP contribution in [-0.2, 0) is 9.59 Å². The molecule has 29 heavy (non-hydrogen) atoms. The van der Waals surface area contributed by atoms with E-state index in [1.165, 1.54) is 19.6 Å². The van der Waals surface area contributed by atoms with Gasteiger partial charge in [0.1, 0.15) is 11.6 Å². The van der Waals surface area contributed by atoms with E-state index in [4.69, 9.17) is 9.47 Å². The van der Waals surface area contributed by atoms with Crippen LogP contribution in [0.1, 0.15) is 45.1 Å². The van der Waals surface area contributed by atoms with Gasteiger partial charge in [-0.05, 0) is 49.5 Å². The molecule has 1 aromatic rings. The molecule has 2 N–H and O–H groups in total. The molecule has 1 aliphatic carbocycles. The fraction of sp³-hybridized carbons (Fsp3) is 0.500. The summed E-state index contributed by atoms with van der Waals surface area (Å²) in [7, 11) is 1.49. The highest BCUT2D eigenvalue weighted by molar-refractivity contribution is 6.01. The Bertz CT molecular complexity index is 798. The van der Waals surface area contributed by atoms with E-state index in [0.717, 1.165) is 19.3 Å². The summed E-state index contributed by atoms with van der Waals surface area (Å²) >= 11 is 0. The number of likely N-dealkylation sites (N-methyl/N-ethyl adjacent to an activating group) is 1. The molecule has 7 nitrogen and oxygen atoms in total. The summed E-state index contributed by atoms with van der Waals surface area (Å²) in [5.74, 6) is 0.659. The standard InChI is InChI=1S/C22H29N3O4/c1-4-24-21(26)14-29-19-10-9-16(12-20(19)28-3)11-17(13-23)22(27)25-18-8-6-5-7-15(18)2/h9-12,15,18H,4-8,14H2,1-3H3,(H,24,26)(H,25,27)/b17-11+/t15-,18-/m0/s1. The van der Waals surface area contributed by atoms with E-state index in [0.29, 0.717) is 29.5 Å². The Balaban J connectivity index is 2.10. The number of ether oxygens (including phenoxy) is 2. The molecule has 0 radical (unpaired) electrons. The monoisotopic (exact) mass is 399 g/mol. The maximum Gasteiger partial charge on any atom is 0.262 e. The molecule has 2 atom stereocenters. The zero-order valence-electron chi connectivity index (χ0n) is 17.3. The minimum atomic E-state index is -0.359. The first-order chi connectivity index (χ1) is 14.0. The number of rotatable bonds is 8. The second kappa shape index (κ2) is 11.1. The number of hydrogen-bond acceptors (Lipinski definition) is 5. The average molecular weight is 399 g/mol. The number of carbonyl (C=O) groups excluding carboxylic acids is 2. The van der Waals surface area contributed by atoms with Crippen molar-refractivity contribution in [1.82, 2.24) is 10.6 Å². The molecule has 0 heterocycles. The third kappa shape index (κ3) is 6.53. The number of methoxy groups -OCH3 is 1. The summed E-state index contributed by atoms with van der Waals surface area (Å²) in [5.41, 5.74) is 0.677. The van der Waals surface area contributed by atoms with Crippen LogP contribution in [0.3, 0.4) is 0 Å². The van der Waals surface area contributed by atoms with Crippen LogP contribution in [-0.4, -0.2) is 38.1 Å². The molecule has 2 amide bonds. The van der Waals surface area contributed by atoms with Crippen LogP contribution < -0.4 is 20.1 Å². The zero-order valence-corrected chi connectivity index (χ0v) is 17.3. The number of carbonyl (C=O) groups is 2. The molecular formula is C22H29N3O4. The maximum absolute atomic E-state index is 12.6. The highest BCUT2D eigenvalue weighted by Crippen LogP contribution is 2.29. The SMILES string of the molecule is CCNC(=O)COc1ccc(/C=C(\C#N)C(=O)N[C@H]2CCCC[C@@H]2C)cc1OC. The van der Waals surface area contributed by atoms with Crippen LogP contribution >= 0.6 is 0 Å². The van der Waals surface area contributed by atoms with Crippen LogP contribution in [0, 0.1) is 17.2 Å². The van der Waals surface area contributed by atoms with E-state index >= 15 is 0 Å². The van der Waals surface area contributed by atoms with Gasteiger partial charge in [-0.1, -0.05) is 25.8 Å². The third-order valence-corrected chi connectivity index (χ3v) is 5.02. The molecule has 1 aromatic carbocycles. The number of nitriles is 1. The summed E-state index contributed by atoms with van der Waals surface area (Å²) in [6.07, 6.45) is 5.83. The predicted molar refractivity (Wildman–Crippen MR) is 110 cm³/mol. The lowest BCUT2D eigenvalue weighted by molar-refractivity contribution is -0.123. The quantitative estimate of drug-likeness (QED) is 0.517. The molecular weight excluding hydrogens is 370 g/mol. The van der Waals surface area contributed by atoms with Gasteiger partial charge in [-0.2, -0.15) is 5.26 Å². The molecule has 0 bridgehead atoms. The molecule has 2 rings (SSSR count). The lowest BCUT2D eigenvalue weighted by atomic mass is 9.86. The number of hydrogen-bond donors (Lipinski definition) is 2. The average Bonchev–Trinajstić information content (AvgIpc) is 2.72. The molecule has 1 aliphatic rings. The van der Waals surface area contributed by atoms with E-state index in [1.54, 1.807) is 18.2 Å². The predicted octanol–water partition coefficient (Wildman–Crippen LogP) is 2.81. The Morgan fingerprint density at radius 2 is 2.03 bits per heavy atom. The normalized spacial score (nSPS) is 19.0. The maximum atomic E-state index is 12.6. The summed E-state index contributed by atoms with van der Waals surface area (Å²) < 4.78 is 10.8. The fourth-order valence-electron chi connectivity index (χ4n) is 3.38. The van der Waals surface area contributed by atoms with Gasteiger partial charge in [0.05, 0.1) is 7.11 Å². The Labute approximate surface area is 172 Å².